The zero-order valence-electron chi connectivity index (χ0n) is 14.3. The van der Waals surface area contributed by atoms with Gasteiger partial charge in [-0.1, -0.05) is 30.3 Å². The van der Waals surface area contributed by atoms with Crippen LogP contribution in [0.25, 0.3) is 0 Å². The number of hydrogen-bond acceptors (Lipinski definition) is 4. The molecule has 2 N–H and O–H groups in total. The molecule has 2 unspecified atom stereocenters. The van der Waals surface area contributed by atoms with Crippen LogP contribution in [0.3, 0.4) is 0 Å². The summed E-state index contributed by atoms with van der Waals surface area (Å²) in [6.07, 6.45) is -1.38. The molecule has 1 amide bonds. The number of para-hydroxylation sites is 1. The second-order valence-electron chi connectivity index (χ2n) is 5.82. The molecule has 0 aromatic heterocycles. The Bertz CT molecular complexity index is 641. The lowest BCUT2D eigenvalue weighted by Gasteiger charge is -2.18. The summed E-state index contributed by atoms with van der Waals surface area (Å²) in [4.78, 5) is 14.1. The number of carbonyl (C=O) groups excluding carboxylic acids is 1. The van der Waals surface area contributed by atoms with Crippen molar-refractivity contribution < 1.29 is 14.6 Å². The topological polar surface area (TPSA) is 61.8 Å². The van der Waals surface area contributed by atoms with Crippen LogP contribution in [0, 0.1) is 0 Å². The molecule has 5 heteroatoms. The SMILES string of the molecule is CC(Oc1ccccc1)C(=O)NCC(O)c1ccc(N(C)C)cc1. The molecule has 0 aliphatic heterocycles. The molecule has 2 atom stereocenters. The smallest absolute Gasteiger partial charge is 0.260 e. The summed E-state index contributed by atoms with van der Waals surface area (Å²) in [5.41, 5.74) is 1.82. The average molecular weight is 328 g/mol. The third-order valence-electron chi connectivity index (χ3n) is 3.69. The van der Waals surface area contributed by atoms with E-state index in [1.54, 1.807) is 19.1 Å². The number of benzene rings is 2. The van der Waals surface area contributed by atoms with Crippen molar-refractivity contribution in [3.05, 3.63) is 60.2 Å². The monoisotopic (exact) mass is 328 g/mol. The summed E-state index contributed by atoms with van der Waals surface area (Å²) >= 11 is 0. The van der Waals surface area contributed by atoms with Gasteiger partial charge in [-0.25, -0.2) is 0 Å². The molecule has 0 spiro atoms. The molecule has 0 saturated carbocycles. The van der Waals surface area contributed by atoms with Crippen LogP contribution in [0.1, 0.15) is 18.6 Å². The van der Waals surface area contributed by atoms with E-state index in [0.29, 0.717) is 5.75 Å². The maximum Gasteiger partial charge on any atom is 0.260 e. The summed E-state index contributed by atoms with van der Waals surface area (Å²) < 4.78 is 5.56. The van der Waals surface area contributed by atoms with Crippen molar-refractivity contribution in [3.63, 3.8) is 0 Å². The number of aliphatic hydroxyl groups is 1. The fraction of sp³-hybridized carbons (Fsp3) is 0.316. The summed E-state index contributed by atoms with van der Waals surface area (Å²) in [6, 6.07) is 16.8. The van der Waals surface area contributed by atoms with Gasteiger partial charge in [-0.05, 0) is 36.8 Å². The molecule has 0 heterocycles. The quantitative estimate of drug-likeness (QED) is 0.819. The van der Waals surface area contributed by atoms with E-state index in [1.165, 1.54) is 0 Å². The summed E-state index contributed by atoms with van der Waals surface area (Å²) in [5, 5.41) is 12.9. The fourth-order valence-corrected chi connectivity index (χ4v) is 2.21. The summed E-state index contributed by atoms with van der Waals surface area (Å²) in [7, 11) is 3.92. The first kappa shape index (κ1) is 17.8. The molecule has 0 saturated heterocycles. The largest absolute Gasteiger partial charge is 0.481 e. The van der Waals surface area contributed by atoms with Crippen LogP contribution in [0.15, 0.2) is 54.6 Å². The average Bonchev–Trinajstić information content (AvgIpc) is 2.60. The van der Waals surface area contributed by atoms with Crippen molar-refractivity contribution in [2.45, 2.75) is 19.1 Å². The van der Waals surface area contributed by atoms with Gasteiger partial charge in [-0.3, -0.25) is 4.79 Å². The third kappa shape index (κ3) is 4.99. The van der Waals surface area contributed by atoms with Gasteiger partial charge in [0.1, 0.15) is 5.75 Å². The Hall–Kier alpha value is -2.53. The van der Waals surface area contributed by atoms with Crippen LogP contribution in [0.5, 0.6) is 5.75 Å². The number of ether oxygens (including phenoxy) is 1. The van der Waals surface area contributed by atoms with Crippen molar-refractivity contribution in [1.29, 1.82) is 0 Å². The molecular weight excluding hydrogens is 304 g/mol. The zero-order chi connectivity index (χ0) is 17.5. The molecule has 5 nitrogen and oxygen atoms in total. The molecule has 0 aliphatic rings. The fourth-order valence-electron chi connectivity index (χ4n) is 2.21. The molecular formula is C19H24N2O3. The highest BCUT2D eigenvalue weighted by Crippen LogP contribution is 2.17. The number of nitrogens with one attached hydrogen (secondary N) is 1. The number of nitrogens with zero attached hydrogens (tertiary/aromatic N) is 1. The van der Waals surface area contributed by atoms with Crippen LogP contribution < -0.4 is 15.0 Å². The van der Waals surface area contributed by atoms with Gasteiger partial charge in [0.15, 0.2) is 6.10 Å². The number of amides is 1. The Morgan fingerprint density at radius 3 is 2.33 bits per heavy atom. The van der Waals surface area contributed by atoms with Crippen LogP contribution in [0.4, 0.5) is 5.69 Å². The van der Waals surface area contributed by atoms with E-state index in [9.17, 15) is 9.90 Å². The zero-order valence-corrected chi connectivity index (χ0v) is 14.3. The highest BCUT2D eigenvalue weighted by molar-refractivity contribution is 5.80. The number of carbonyl (C=O) groups is 1. The van der Waals surface area contributed by atoms with E-state index >= 15 is 0 Å². The van der Waals surface area contributed by atoms with Gasteiger partial charge in [-0.2, -0.15) is 0 Å². The molecule has 0 radical (unpaired) electrons. The molecule has 0 fully saturated rings. The van der Waals surface area contributed by atoms with Crippen molar-refractivity contribution >= 4 is 11.6 Å². The van der Waals surface area contributed by atoms with Crippen LogP contribution >= 0.6 is 0 Å². The first-order chi connectivity index (χ1) is 11.5. The molecule has 24 heavy (non-hydrogen) atoms. The number of aliphatic hydroxyl groups excluding tert-OH is 1. The van der Waals surface area contributed by atoms with Gasteiger partial charge in [0.25, 0.3) is 5.91 Å². The van der Waals surface area contributed by atoms with Gasteiger partial charge >= 0.3 is 0 Å². The van der Waals surface area contributed by atoms with Crippen molar-refractivity contribution in [3.8, 4) is 5.75 Å². The van der Waals surface area contributed by atoms with Gasteiger partial charge in [-0.15, -0.1) is 0 Å². The maximum absolute atomic E-state index is 12.1. The number of rotatable bonds is 7. The minimum atomic E-state index is -0.755. The Morgan fingerprint density at radius 1 is 1.12 bits per heavy atom. The molecule has 0 aliphatic carbocycles. The third-order valence-corrected chi connectivity index (χ3v) is 3.69. The summed E-state index contributed by atoms with van der Waals surface area (Å²) in [5.74, 6) is 0.378. The molecule has 0 bridgehead atoms. The van der Waals surface area contributed by atoms with Crippen molar-refractivity contribution in [1.82, 2.24) is 5.32 Å². The van der Waals surface area contributed by atoms with Crippen LogP contribution in [-0.4, -0.2) is 37.8 Å². The summed E-state index contributed by atoms with van der Waals surface area (Å²) in [6.45, 7) is 1.82. The second kappa shape index (κ2) is 8.36. The minimum Gasteiger partial charge on any atom is -0.481 e. The first-order valence-corrected chi connectivity index (χ1v) is 7.92. The molecule has 128 valence electrons. The van der Waals surface area contributed by atoms with Gasteiger partial charge in [0.2, 0.25) is 0 Å². The van der Waals surface area contributed by atoms with Gasteiger partial charge in [0.05, 0.1) is 6.10 Å². The van der Waals surface area contributed by atoms with Crippen molar-refractivity contribution in [2.24, 2.45) is 0 Å². The second-order valence-corrected chi connectivity index (χ2v) is 5.82. The van der Waals surface area contributed by atoms with E-state index in [1.807, 2.05) is 61.5 Å². The van der Waals surface area contributed by atoms with Crippen LogP contribution in [-0.2, 0) is 4.79 Å². The van der Waals surface area contributed by atoms with Crippen LogP contribution in [0.2, 0.25) is 0 Å². The highest BCUT2D eigenvalue weighted by Gasteiger charge is 2.16. The Kier molecular flexibility index (Phi) is 6.21. The number of hydrogen-bond donors (Lipinski definition) is 2. The van der Waals surface area contributed by atoms with Gasteiger partial charge in [0, 0.05) is 26.3 Å². The Labute approximate surface area is 142 Å². The van der Waals surface area contributed by atoms with Gasteiger partial charge < -0.3 is 20.1 Å². The Morgan fingerprint density at radius 2 is 1.75 bits per heavy atom. The maximum atomic E-state index is 12.1. The predicted octanol–water partition coefficient (Wildman–Crippen LogP) is 2.37. The van der Waals surface area contributed by atoms with E-state index in [4.69, 9.17) is 4.74 Å². The number of anilines is 1. The molecule has 2 rings (SSSR count). The molecule has 2 aromatic rings. The van der Waals surface area contributed by atoms with E-state index in [2.05, 4.69) is 5.32 Å². The Balaban J connectivity index is 1.84. The predicted molar refractivity (Wildman–Crippen MR) is 95.3 cm³/mol. The lowest BCUT2D eigenvalue weighted by Crippen LogP contribution is -2.38. The standard InChI is InChI=1S/C19H24N2O3/c1-14(24-17-7-5-4-6-8-17)19(23)20-13-18(22)15-9-11-16(12-10-15)21(2)3/h4-12,14,18,22H,13H2,1-3H3,(H,20,23). The minimum absolute atomic E-state index is 0.142. The lowest BCUT2D eigenvalue weighted by molar-refractivity contribution is -0.127. The van der Waals surface area contributed by atoms with E-state index < -0.39 is 12.2 Å². The highest BCUT2D eigenvalue weighted by atomic mass is 16.5. The molecule has 2 aromatic carbocycles. The van der Waals surface area contributed by atoms with E-state index in [0.717, 1.165) is 11.3 Å². The van der Waals surface area contributed by atoms with Crippen molar-refractivity contribution in [2.75, 3.05) is 25.5 Å². The first-order valence-electron chi connectivity index (χ1n) is 7.92. The lowest BCUT2D eigenvalue weighted by atomic mass is 10.1. The van der Waals surface area contributed by atoms with E-state index in [-0.39, 0.29) is 12.5 Å². The normalized spacial score (nSPS) is 13.0.